The Hall–Kier alpha value is -2.71. The van der Waals surface area contributed by atoms with Crippen LogP contribution in [-0.4, -0.2) is 37.8 Å². The standard InChI is InChI=1S/C22H24N2O5S/c1-14-8-10-19-17(12-14)21(16-6-4-5-7-18(16)23-19)22(25)28-13-15-9-11-20(29-15)30(26,27)24(2)3/h8-12H,4-7,13H2,1-3H3. The Kier molecular flexibility index (Phi) is 5.38. The van der Waals surface area contributed by atoms with Crippen molar-refractivity contribution in [3.05, 3.63) is 58.5 Å². The molecule has 0 saturated heterocycles. The van der Waals surface area contributed by atoms with Gasteiger partial charge in [-0.25, -0.2) is 17.5 Å². The highest BCUT2D eigenvalue weighted by Crippen LogP contribution is 2.30. The first kappa shape index (κ1) is 20.6. The van der Waals surface area contributed by atoms with Crippen molar-refractivity contribution in [3.8, 4) is 0 Å². The molecule has 158 valence electrons. The van der Waals surface area contributed by atoms with E-state index >= 15 is 0 Å². The molecule has 2 heterocycles. The molecule has 0 N–H and O–H groups in total. The Morgan fingerprint density at radius 1 is 1.17 bits per heavy atom. The molecular weight excluding hydrogens is 404 g/mol. The summed E-state index contributed by atoms with van der Waals surface area (Å²) < 4.78 is 36.3. The first-order valence-corrected chi connectivity index (χ1v) is 11.3. The second-order valence-corrected chi connectivity index (χ2v) is 9.81. The molecular formula is C22H24N2O5S. The van der Waals surface area contributed by atoms with Crippen LogP contribution in [0.4, 0.5) is 0 Å². The number of nitrogens with zero attached hydrogens (tertiary/aromatic N) is 2. The Labute approximate surface area is 175 Å². The number of carbonyl (C=O) groups is 1. The van der Waals surface area contributed by atoms with Crippen molar-refractivity contribution in [3.63, 3.8) is 0 Å². The molecule has 0 aliphatic heterocycles. The Morgan fingerprint density at radius 2 is 1.93 bits per heavy atom. The zero-order chi connectivity index (χ0) is 21.5. The fraction of sp³-hybridized carbons (Fsp3) is 0.364. The third kappa shape index (κ3) is 3.73. The molecule has 0 fully saturated rings. The minimum absolute atomic E-state index is 0.147. The highest BCUT2D eigenvalue weighted by atomic mass is 32.2. The summed E-state index contributed by atoms with van der Waals surface area (Å²) in [6, 6.07) is 8.75. The van der Waals surface area contributed by atoms with Gasteiger partial charge in [-0.3, -0.25) is 4.98 Å². The quantitative estimate of drug-likeness (QED) is 0.577. The molecule has 0 bridgehead atoms. The predicted octanol–water partition coefficient (Wildman–Crippen LogP) is 3.62. The van der Waals surface area contributed by atoms with Gasteiger partial charge < -0.3 is 9.15 Å². The molecule has 2 aromatic heterocycles. The van der Waals surface area contributed by atoms with Crippen LogP contribution in [0.15, 0.2) is 39.8 Å². The second-order valence-electron chi connectivity index (χ2n) is 7.72. The highest BCUT2D eigenvalue weighted by Gasteiger charge is 2.25. The number of pyridine rings is 1. The number of furan rings is 1. The lowest BCUT2D eigenvalue weighted by Crippen LogP contribution is -2.21. The topological polar surface area (TPSA) is 89.7 Å². The van der Waals surface area contributed by atoms with Gasteiger partial charge in [0.15, 0.2) is 0 Å². The summed E-state index contributed by atoms with van der Waals surface area (Å²) in [7, 11) is -0.819. The Morgan fingerprint density at radius 3 is 2.70 bits per heavy atom. The smallest absolute Gasteiger partial charge is 0.339 e. The van der Waals surface area contributed by atoms with Gasteiger partial charge in [-0.05, 0) is 62.4 Å². The summed E-state index contributed by atoms with van der Waals surface area (Å²) in [5, 5.41) is 0.608. The summed E-state index contributed by atoms with van der Waals surface area (Å²) in [6.07, 6.45) is 3.71. The lowest BCUT2D eigenvalue weighted by Gasteiger charge is -2.20. The van der Waals surface area contributed by atoms with Gasteiger partial charge in [-0.1, -0.05) is 11.6 Å². The third-order valence-corrected chi connectivity index (χ3v) is 7.03. The van der Waals surface area contributed by atoms with Crippen molar-refractivity contribution in [1.82, 2.24) is 9.29 Å². The van der Waals surface area contributed by atoms with Gasteiger partial charge in [0.25, 0.3) is 10.0 Å². The van der Waals surface area contributed by atoms with Crippen molar-refractivity contribution < 1.29 is 22.4 Å². The summed E-state index contributed by atoms with van der Waals surface area (Å²) in [5.41, 5.74) is 4.30. The van der Waals surface area contributed by atoms with Crippen LogP contribution in [0.2, 0.25) is 0 Å². The molecule has 1 aliphatic carbocycles. The number of aryl methyl sites for hydroxylation is 2. The maximum atomic E-state index is 13.1. The van der Waals surface area contributed by atoms with Crippen LogP contribution in [0.1, 0.15) is 45.8 Å². The minimum Gasteiger partial charge on any atom is -0.454 e. The molecule has 1 aromatic carbocycles. The van der Waals surface area contributed by atoms with Crippen LogP contribution in [0.3, 0.4) is 0 Å². The van der Waals surface area contributed by atoms with E-state index in [1.807, 2.05) is 25.1 Å². The Balaban J connectivity index is 1.64. The van der Waals surface area contributed by atoms with E-state index in [1.165, 1.54) is 26.2 Å². The summed E-state index contributed by atoms with van der Waals surface area (Å²) in [4.78, 5) is 17.9. The molecule has 0 unspecified atom stereocenters. The number of hydrogen-bond donors (Lipinski definition) is 0. The molecule has 4 rings (SSSR count). The number of rotatable bonds is 5. The lowest BCUT2D eigenvalue weighted by molar-refractivity contribution is 0.0441. The molecule has 7 nitrogen and oxygen atoms in total. The van der Waals surface area contributed by atoms with Gasteiger partial charge in [0.2, 0.25) is 5.09 Å². The molecule has 3 aromatic rings. The van der Waals surface area contributed by atoms with Crippen LogP contribution in [0.25, 0.3) is 10.9 Å². The third-order valence-electron chi connectivity index (χ3n) is 5.34. The monoisotopic (exact) mass is 428 g/mol. The first-order valence-electron chi connectivity index (χ1n) is 9.88. The van der Waals surface area contributed by atoms with E-state index in [2.05, 4.69) is 0 Å². The van der Waals surface area contributed by atoms with Gasteiger partial charge in [-0.2, -0.15) is 0 Å². The van der Waals surface area contributed by atoms with Crippen molar-refractivity contribution in [2.45, 2.75) is 44.3 Å². The van der Waals surface area contributed by atoms with E-state index in [0.29, 0.717) is 5.56 Å². The zero-order valence-corrected chi connectivity index (χ0v) is 18.1. The van der Waals surface area contributed by atoms with Crippen LogP contribution < -0.4 is 0 Å². The molecule has 0 atom stereocenters. The van der Waals surface area contributed by atoms with Crippen molar-refractivity contribution in [2.75, 3.05) is 14.1 Å². The number of fused-ring (bicyclic) bond motifs is 2. The van der Waals surface area contributed by atoms with Gasteiger partial charge in [-0.15, -0.1) is 0 Å². The summed E-state index contributed by atoms with van der Waals surface area (Å²) >= 11 is 0. The molecule has 0 radical (unpaired) electrons. The number of carbonyl (C=O) groups excluding carboxylic acids is 1. The molecule has 30 heavy (non-hydrogen) atoms. The maximum Gasteiger partial charge on any atom is 0.339 e. The number of benzene rings is 1. The number of sulfonamides is 1. The predicted molar refractivity (Wildman–Crippen MR) is 112 cm³/mol. The number of hydrogen-bond acceptors (Lipinski definition) is 6. The fourth-order valence-corrected chi connectivity index (χ4v) is 4.55. The van der Waals surface area contributed by atoms with E-state index in [9.17, 15) is 13.2 Å². The second kappa shape index (κ2) is 7.85. The summed E-state index contributed by atoms with van der Waals surface area (Å²) in [6.45, 7) is 1.83. The van der Waals surface area contributed by atoms with Crippen molar-refractivity contribution in [1.29, 1.82) is 0 Å². The first-order chi connectivity index (χ1) is 14.3. The maximum absolute atomic E-state index is 13.1. The van der Waals surface area contributed by atoms with E-state index in [0.717, 1.165) is 57.7 Å². The minimum atomic E-state index is -3.67. The SMILES string of the molecule is Cc1ccc2nc3c(c(C(=O)OCc4ccc(S(=O)(=O)N(C)C)o4)c2c1)CCCC3. The largest absolute Gasteiger partial charge is 0.454 e. The number of aromatic nitrogens is 1. The van der Waals surface area contributed by atoms with E-state index < -0.39 is 16.0 Å². The molecule has 8 heteroatoms. The van der Waals surface area contributed by atoms with Gasteiger partial charge in [0, 0.05) is 25.2 Å². The normalized spacial score (nSPS) is 14.1. The molecule has 0 spiro atoms. The van der Waals surface area contributed by atoms with Gasteiger partial charge >= 0.3 is 5.97 Å². The van der Waals surface area contributed by atoms with Crippen LogP contribution in [0.5, 0.6) is 0 Å². The lowest BCUT2D eigenvalue weighted by atomic mass is 9.89. The van der Waals surface area contributed by atoms with Crippen LogP contribution in [0, 0.1) is 6.92 Å². The van der Waals surface area contributed by atoms with E-state index in [-0.39, 0.29) is 17.5 Å². The fourth-order valence-electron chi connectivity index (χ4n) is 3.73. The van der Waals surface area contributed by atoms with Crippen molar-refractivity contribution in [2.24, 2.45) is 0 Å². The van der Waals surface area contributed by atoms with Gasteiger partial charge in [0.05, 0.1) is 11.1 Å². The summed E-state index contributed by atoms with van der Waals surface area (Å²) in [5.74, 6) is -0.174. The molecule has 0 saturated carbocycles. The van der Waals surface area contributed by atoms with Crippen molar-refractivity contribution >= 4 is 26.9 Å². The van der Waals surface area contributed by atoms with Gasteiger partial charge in [0.1, 0.15) is 12.4 Å². The Bertz CT molecular complexity index is 1230. The van der Waals surface area contributed by atoms with E-state index in [4.69, 9.17) is 14.1 Å². The van der Waals surface area contributed by atoms with Crippen LogP contribution in [-0.2, 0) is 34.2 Å². The number of esters is 1. The molecule has 1 aliphatic rings. The highest BCUT2D eigenvalue weighted by molar-refractivity contribution is 7.88. The van der Waals surface area contributed by atoms with Crippen LogP contribution >= 0.6 is 0 Å². The zero-order valence-electron chi connectivity index (χ0n) is 17.3. The molecule has 0 amide bonds. The van der Waals surface area contributed by atoms with E-state index in [1.54, 1.807) is 0 Å². The average molecular weight is 429 g/mol. The average Bonchev–Trinajstić information content (AvgIpc) is 3.20. The number of ether oxygens (including phenoxy) is 1.